The molecule has 1 saturated carbocycles. The van der Waals surface area contributed by atoms with Crippen molar-refractivity contribution in [2.45, 2.75) is 115 Å². The molecule has 4 aromatic rings. The van der Waals surface area contributed by atoms with Gasteiger partial charge >= 0.3 is 0 Å². The van der Waals surface area contributed by atoms with Crippen LogP contribution in [0.25, 0.3) is 5.76 Å². The molecule has 0 spiro atoms. The number of hydrogen-bond acceptors (Lipinski definition) is 10. The predicted molar refractivity (Wildman–Crippen MR) is 238 cm³/mol. The highest BCUT2D eigenvalue weighted by Gasteiger charge is 2.69. The molecule has 61 heavy (non-hydrogen) atoms. The number of rotatable bonds is 11. The Labute approximate surface area is 367 Å². The first-order valence-corrected chi connectivity index (χ1v) is 25.2. The first-order chi connectivity index (χ1) is 29.0. The summed E-state index contributed by atoms with van der Waals surface area (Å²) in [5.74, 6) is -2.94. The van der Waals surface area contributed by atoms with Gasteiger partial charge in [-0.05, 0) is 110 Å². The third-order valence-corrected chi connectivity index (χ3v) is 19.2. The van der Waals surface area contributed by atoms with E-state index in [1.54, 1.807) is 0 Å². The summed E-state index contributed by atoms with van der Waals surface area (Å²) in [5, 5.41) is 16.6. The van der Waals surface area contributed by atoms with Crippen LogP contribution >= 0.6 is 15.9 Å². The lowest BCUT2D eigenvalue weighted by Crippen LogP contribution is -2.68. The standard InChI is InChI=1S/C48H57BrFN3O7Si/c1-28-17-15-16-22-53(28)25-33-38(49)42(57-26-29-18-11-9-12-19-29)36-32(39(33)50)23-31-24-34-40(52(5)6)43-37(46(51-59-43)58-27-30-20-13-10-14-21-30)45(56)48(34,44(55)35(31)41(36)54)60-61(7,8)47(2,3)4/h9-14,18-21,28,31,34,40,54H,15-17,22-27H2,1-8H3/t28-,31-,34-,40-,48-/m0/s1. The summed E-state index contributed by atoms with van der Waals surface area (Å²) in [4.78, 5) is 35.8. The van der Waals surface area contributed by atoms with Gasteiger partial charge in [0.05, 0.1) is 16.1 Å². The molecule has 10 nitrogen and oxygen atoms in total. The number of nitrogens with zero attached hydrogens (tertiary/aromatic N) is 3. The maximum absolute atomic E-state index is 17.4. The molecular weight excluding hydrogens is 858 g/mol. The van der Waals surface area contributed by atoms with Gasteiger partial charge in [-0.1, -0.05) is 87.9 Å². The van der Waals surface area contributed by atoms with Crippen molar-refractivity contribution in [3.63, 3.8) is 0 Å². The molecule has 2 heterocycles. The van der Waals surface area contributed by atoms with Crippen molar-refractivity contribution < 1.29 is 37.5 Å². The monoisotopic (exact) mass is 913 g/mol. The zero-order valence-corrected chi connectivity index (χ0v) is 39.0. The number of likely N-dealkylation sites (tertiary alicyclic amines) is 1. The van der Waals surface area contributed by atoms with Crippen molar-refractivity contribution in [3.05, 3.63) is 116 Å². The summed E-state index contributed by atoms with van der Waals surface area (Å²) in [6.45, 7) is 13.8. The molecule has 1 aliphatic heterocycles. The summed E-state index contributed by atoms with van der Waals surface area (Å²) >= 11 is 3.76. The highest BCUT2D eigenvalue weighted by Crippen LogP contribution is 2.60. The van der Waals surface area contributed by atoms with Crippen molar-refractivity contribution in [1.29, 1.82) is 0 Å². The van der Waals surface area contributed by atoms with Gasteiger partial charge in [-0.15, -0.1) is 0 Å². The normalized spacial score (nSPS) is 24.3. The molecule has 13 heteroatoms. The van der Waals surface area contributed by atoms with Crippen LogP contribution in [-0.4, -0.2) is 72.2 Å². The Morgan fingerprint density at radius 2 is 1.62 bits per heavy atom. The molecule has 5 atom stereocenters. The molecule has 2 fully saturated rings. The minimum atomic E-state index is -2.96. The molecule has 0 bridgehead atoms. The van der Waals surface area contributed by atoms with E-state index in [-0.39, 0.29) is 66.2 Å². The van der Waals surface area contributed by atoms with E-state index < -0.39 is 54.2 Å². The maximum Gasteiger partial charge on any atom is 0.265 e. The summed E-state index contributed by atoms with van der Waals surface area (Å²) in [6, 6.07) is 18.8. The number of halogens is 2. The second-order valence-corrected chi connectivity index (χ2v) is 24.6. The highest BCUT2D eigenvalue weighted by molar-refractivity contribution is 9.10. The van der Waals surface area contributed by atoms with Gasteiger partial charge in [0, 0.05) is 35.2 Å². The largest absolute Gasteiger partial charge is 0.507 e. The fraction of sp³-hybridized carbons (Fsp3) is 0.479. The van der Waals surface area contributed by atoms with Crippen LogP contribution in [0.4, 0.5) is 4.39 Å². The van der Waals surface area contributed by atoms with Crippen LogP contribution in [-0.2, 0) is 35.4 Å². The van der Waals surface area contributed by atoms with Gasteiger partial charge in [-0.2, -0.15) is 0 Å². The Hall–Kier alpha value is -4.14. The number of piperidine rings is 1. The van der Waals surface area contributed by atoms with E-state index in [2.05, 4.69) is 53.7 Å². The van der Waals surface area contributed by atoms with Crippen molar-refractivity contribution in [2.24, 2.45) is 11.8 Å². The number of aromatic nitrogens is 1. The van der Waals surface area contributed by atoms with Gasteiger partial charge in [0.15, 0.2) is 19.7 Å². The molecule has 0 unspecified atom stereocenters. The van der Waals surface area contributed by atoms with Gasteiger partial charge in [0.1, 0.15) is 36.1 Å². The fourth-order valence-corrected chi connectivity index (χ4v) is 11.7. The van der Waals surface area contributed by atoms with E-state index >= 15 is 14.0 Å². The van der Waals surface area contributed by atoms with Crippen LogP contribution in [0.1, 0.15) is 103 Å². The van der Waals surface area contributed by atoms with Crippen LogP contribution in [0.2, 0.25) is 18.1 Å². The molecule has 1 saturated heterocycles. The van der Waals surface area contributed by atoms with Gasteiger partial charge in [-0.25, -0.2) is 4.39 Å². The number of aliphatic hydroxyl groups is 1. The first kappa shape index (κ1) is 43.5. The predicted octanol–water partition coefficient (Wildman–Crippen LogP) is 10.4. The number of ether oxygens (including phenoxy) is 2. The molecule has 8 rings (SSSR count). The van der Waals surface area contributed by atoms with Gasteiger partial charge in [0.2, 0.25) is 11.6 Å². The van der Waals surface area contributed by atoms with Crippen LogP contribution in [0.5, 0.6) is 11.6 Å². The van der Waals surface area contributed by atoms with Crippen molar-refractivity contribution in [3.8, 4) is 11.6 Å². The molecule has 4 aliphatic rings. The number of carbonyl (C=O) groups excluding carboxylic acids is 2. The average molecular weight is 915 g/mol. The van der Waals surface area contributed by atoms with E-state index in [4.69, 9.17) is 18.4 Å². The number of Topliss-reactive ketones (excluding diaryl/α,β-unsaturated/α-hetero) is 2. The molecule has 324 valence electrons. The van der Waals surface area contributed by atoms with Crippen molar-refractivity contribution in [1.82, 2.24) is 15.0 Å². The number of hydrogen-bond donors (Lipinski definition) is 1. The zero-order chi connectivity index (χ0) is 43.6. The van der Waals surface area contributed by atoms with Crippen molar-refractivity contribution in [2.75, 3.05) is 20.6 Å². The van der Waals surface area contributed by atoms with Crippen molar-refractivity contribution >= 4 is 41.6 Å². The second-order valence-electron chi connectivity index (χ2n) is 19.1. The molecular formula is C48H57BrFN3O7Si. The Bertz CT molecular complexity index is 2360. The molecule has 3 aromatic carbocycles. The van der Waals surface area contributed by atoms with Gasteiger partial charge in [-0.3, -0.25) is 19.4 Å². The summed E-state index contributed by atoms with van der Waals surface area (Å²) in [7, 11) is 0.784. The van der Waals surface area contributed by atoms with E-state index in [1.165, 1.54) is 0 Å². The van der Waals surface area contributed by atoms with E-state index in [9.17, 15) is 5.11 Å². The molecule has 0 amide bonds. The third kappa shape index (κ3) is 7.51. The van der Waals surface area contributed by atoms with E-state index in [0.29, 0.717) is 27.9 Å². The molecule has 1 aromatic heterocycles. The summed E-state index contributed by atoms with van der Waals surface area (Å²) in [5.41, 5.74) is 0.654. The first-order valence-electron chi connectivity index (χ1n) is 21.5. The quantitative estimate of drug-likeness (QED) is 0.115. The molecule has 3 aliphatic carbocycles. The Morgan fingerprint density at radius 1 is 0.984 bits per heavy atom. The Morgan fingerprint density at radius 3 is 2.23 bits per heavy atom. The molecule has 1 N–H and O–H groups in total. The smallest absolute Gasteiger partial charge is 0.265 e. The lowest BCUT2D eigenvalue weighted by Gasteiger charge is -2.55. The molecule has 0 radical (unpaired) electrons. The van der Waals surface area contributed by atoms with Crippen LogP contribution < -0.4 is 9.47 Å². The highest BCUT2D eigenvalue weighted by atomic mass is 79.9. The Balaban J connectivity index is 1.31. The van der Waals surface area contributed by atoms with Crippen LogP contribution in [0.15, 0.2) is 75.2 Å². The zero-order valence-electron chi connectivity index (χ0n) is 36.4. The topological polar surface area (TPSA) is 115 Å². The minimum absolute atomic E-state index is 0.0207. The van der Waals surface area contributed by atoms with Crippen LogP contribution in [0.3, 0.4) is 0 Å². The van der Waals surface area contributed by atoms with Gasteiger partial charge in [0.25, 0.3) is 5.88 Å². The summed E-state index contributed by atoms with van der Waals surface area (Å²) < 4.78 is 44.0. The average Bonchev–Trinajstić information content (AvgIpc) is 3.64. The van der Waals surface area contributed by atoms with Gasteiger partial charge < -0.3 is 23.5 Å². The number of aliphatic hydroxyl groups excluding tert-OH is 1. The lowest BCUT2D eigenvalue weighted by atomic mass is 9.57. The number of benzene rings is 3. The number of fused-ring (bicyclic) bond motifs is 4. The Kier molecular flexibility index (Phi) is 11.8. The third-order valence-electron chi connectivity index (χ3n) is 13.9. The van der Waals surface area contributed by atoms with E-state index in [1.807, 2.05) is 92.8 Å². The number of ketones is 2. The lowest BCUT2D eigenvalue weighted by molar-refractivity contribution is -0.140. The van der Waals surface area contributed by atoms with E-state index in [0.717, 1.165) is 36.9 Å². The second kappa shape index (κ2) is 16.5. The number of carbonyl (C=O) groups is 2. The minimum Gasteiger partial charge on any atom is -0.507 e. The summed E-state index contributed by atoms with van der Waals surface area (Å²) in [6.07, 6.45) is 3.52. The maximum atomic E-state index is 17.4. The van der Waals surface area contributed by atoms with Crippen LogP contribution in [0, 0.1) is 17.7 Å². The SMILES string of the molecule is C[C@H]1CCCCN1Cc1c(F)c2c(c(OCc3ccccc3)c1Br)C(O)=C1C(=O)[C@]3(O[Si](C)(C)C(C)(C)C)C(=O)c4c(OCc5ccccc5)noc4[C@@H](N(C)C)[C@@H]3C[C@@H]1C2. The fourth-order valence-electron chi connectivity index (χ4n) is 9.66.